The SMILES string of the molecule is Cc1ccccc1C(=O)OCC(=O)NCCc1ccc(F)cc1. The monoisotopic (exact) mass is 315 g/mol. The van der Waals surface area contributed by atoms with E-state index in [0.717, 1.165) is 11.1 Å². The molecule has 0 aromatic heterocycles. The quantitative estimate of drug-likeness (QED) is 0.834. The lowest BCUT2D eigenvalue weighted by atomic mass is 10.1. The number of amides is 1. The predicted molar refractivity (Wildman–Crippen MR) is 84.6 cm³/mol. The van der Waals surface area contributed by atoms with Crippen LogP contribution in [0.5, 0.6) is 0 Å². The summed E-state index contributed by atoms with van der Waals surface area (Å²) in [6.45, 7) is 1.88. The summed E-state index contributed by atoms with van der Waals surface area (Å²) in [6, 6.07) is 13.1. The third kappa shape index (κ3) is 5.21. The van der Waals surface area contributed by atoms with Gasteiger partial charge >= 0.3 is 5.97 Å². The van der Waals surface area contributed by atoms with Crippen molar-refractivity contribution in [2.45, 2.75) is 13.3 Å². The molecule has 0 fully saturated rings. The summed E-state index contributed by atoms with van der Waals surface area (Å²) in [6.07, 6.45) is 0.581. The van der Waals surface area contributed by atoms with Crippen LogP contribution < -0.4 is 5.32 Å². The van der Waals surface area contributed by atoms with Gasteiger partial charge in [-0.2, -0.15) is 0 Å². The third-order valence-electron chi connectivity index (χ3n) is 3.35. The van der Waals surface area contributed by atoms with Crippen LogP contribution >= 0.6 is 0 Å². The molecule has 0 saturated carbocycles. The Morgan fingerprint density at radius 3 is 2.48 bits per heavy atom. The number of carbonyl (C=O) groups excluding carboxylic acids is 2. The molecule has 0 radical (unpaired) electrons. The molecule has 5 heteroatoms. The molecule has 1 amide bonds. The molecule has 0 unspecified atom stereocenters. The average Bonchev–Trinajstić information content (AvgIpc) is 2.55. The van der Waals surface area contributed by atoms with Gasteiger partial charge in [-0.15, -0.1) is 0 Å². The fourth-order valence-electron chi connectivity index (χ4n) is 2.06. The molecule has 120 valence electrons. The largest absolute Gasteiger partial charge is 0.452 e. The van der Waals surface area contributed by atoms with Crippen LogP contribution in [-0.2, 0) is 16.0 Å². The van der Waals surface area contributed by atoms with Gasteiger partial charge in [0.25, 0.3) is 5.91 Å². The second-order valence-electron chi connectivity index (χ2n) is 5.12. The molecule has 0 aliphatic carbocycles. The van der Waals surface area contributed by atoms with Crippen LogP contribution in [0.15, 0.2) is 48.5 Å². The number of ether oxygens (including phenoxy) is 1. The zero-order chi connectivity index (χ0) is 16.7. The second-order valence-corrected chi connectivity index (χ2v) is 5.12. The Bertz CT molecular complexity index is 683. The molecule has 0 aliphatic rings. The fourth-order valence-corrected chi connectivity index (χ4v) is 2.06. The Morgan fingerprint density at radius 2 is 1.78 bits per heavy atom. The zero-order valence-electron chi connectivity index (χ0n) is 12.8. The average molecular weight is 315 g/mol. The molecular weight excluding hydrogens is 297 g/mol. The molecule has 23 heavy (non-hydrogen) atoms. The van der Waals surface area contributed by atoms with Crippen molar-refractivity contribution in [3.8, 4) is 0 Å². The van der Waals surface area contributed by atoms with Crippen LogP contribution in [0.25, 0.3) is 0 Å². The topological polar surface area (TPSA) is 55.4 Å². The van der Waals surface area contributed by atoms with Crippen LogP contribution in [0, 0.1) is 12.7 Å². The highest BCUT2D eigenvalue weighted by Gasteiger charge is 2.11. The number of hydrogen-bond acceptors (Lipinski definition) is 3. The number of nitrogens with one attached hydrogen (secondary N) is 1. The summed E-state index contributed by atoms with van der Waals surface area (Å²) in [5.74, 6) is -1.17. The van der Waals surface area contributed by atoms with E-state index in [-0.39, 0.29) is 18.3 Å². The van der Waals surface area contributed by atoms with Crippen molar-refractivity contribution < 1.29 is 18.7 Å². The van der Waals surface area contributed by atoms with Gasteiger partial charge in [0.15, 0.2) is 6.61 Å². The van der Waals surface area contributed by atoms with Gasteiger partial charge in [0.2, 0.25) is 0 Å². The first-order valence-corrected chi connectivity index (χ1v) is 7.30. The lowest BCUT2D eigenvalue weighted by molar-refractivity contribution is -0.124. The van der Waals surface area contributed by atoms with E-state index in [1.807, 2.05) is 6.07 Å². The highest BCUT2D eigenvalue weighted by atomic mass is 19.1. The van der Waals surface area contributed by atoms with E-state index in [2.05, 4.69) is 5.32 Å². The maximum absolute atomic E-state index is 12.8. The van der Waals surface area contributed by atoms with Gasteiger partial charge in [0.1, 0.15) is 5.82 Å². The number of esters is 1. The number of carbonyl (C=O) groups is 2. The zero-order valence-corrected chi connectivity index (χ0v) is 12.8. The first kappa shape index (κ1) is 16.7. The van der Waals surface area contributed by atoms with Gasteiger partial charge in [-0.25, -0.2) is 9.18 Å². The standard InChI is InChI=1S/C18H18FNO3/c1-13-4-2-3-5-16(13)18(22)23-12-17(21)20-11-10-14-6-8-15(19)9-7-14/h2-9H,10-12H2,1H3,(H,20,21). The summed E-state index contributed by atoms with van der Waals surface area (Å²) in [7, 11) is 0. The molecule has 4 nitrogen and oxygen atoms in total. The van der Waals surface area contributed by atoms with Gasteiger partial charge in [-0.1, -0.05) is 30.3 Å². The van der Waals surface area contributed by atoms with E-state index in [9.17, 15) is 14.0 Å². The lowest BCUT2D eigenvalue weighted by Crippen LogP contribution is -2.30. The molecule has 0 spiro atoms. The van der Waals surface area contributed by atoms with Crippen molar-refractivity contribution in [3.63, 3.8) is 0 Å². The maximum atomic E-state index is 12.8. The van der Waals surface area contributed by atoms with Gasteiger partial charge in [-0.3, -0.25) is 4.79 Å². The van der Waals surface area contributed by atoms with E-state index in [4.69, 9.17) is 4.74 Å². The van der Waals surface area contributed by atoms with Gasteiger partial charge in [-0.05, 0) is 42.7 Å². The molecule has 0 heterocycles. The van der Waals surface area contributed by atoms with Crippen molar-refractivity contribution in [2.24, 2.45) is 0 Å². The summed E-state index contributed by atoms with van der Waals surface area (Å²) in [5.41, 5.74) is 2.17. The van der Waals surface area contributed by atoms with Crippen LogP contribution in [0.1, 0.15) is 21.5 Å². The minimum absolute atomic E-state index is 0.291. The van der Waals surface area contributed by atoms with Crippen LogP contribution in [-0.4, -0.2) is 25.0 Å². The van der Waals surface area contributed by atoms with Gasteiger partial charge in [0, 0.05) is 6.54 Å². The lowest BCUT2D eigenvalue weighted by Gasteiger charge is -2.08. The highest BCUT2D eigenvalue weighted by Crippen LogP contribution is 2.08. The summed E-state index contributed by atoms with van der Waals surface area (Å²) >= 11 is 0. The van der Waals surface area contributed by atoms with Crippen molar-refractivity contribution in [1.29, 1.82) is 0 Å². The van der Waals surface area contributed by atoms with E-state index < -0.39 is 5.97 Å². The van der Waals surface area contributed by atoms with Gasteiger partial charge < -0.3 is 10.1 Å². The Labute approximate surface area is 134 Å². The predicted octanol–water partition coefficient (Wildman–Crippen LogP) is 2.65. The van der Waals surface area contributed by atoms with Crippen LogP contribution in [0.4, 0.5) is 4.39 Å². The maximum Gasteiger partial charge on any atom is 0.338 e. The minimum Gasteiger partial charge on any atom is -0.452 e. The summed E-state index contributed by atoms with van der Waals surface area (Å²) in [5, 5.41) is 2.66. The Balaban J connectivity index is 1.72. The molecule has 2 aromatic rings. The number of benzene rings is 2. The minimum atomic E-state index is -0.517. The number of rotatable bonds is 6. The van der Waals surface area contributed by atoms with Crippen molar-refractivity contribution >= 4 is 11.9 Å². The molecule has 0 bridgehead atoms. The molecule has 0 aliphatic heterocycles. The fraction of sp³-hybridized carbons (Fsp3) is 0.222. The summed E-state index contributed by atoms with van der Waals surface area (Å²) < 4.78 is 17.8. The molecule has 1 N–H and O–H groups in total. The number of aryl methyl sites for hydroxylation is 1. The Hall–Kier alpha value is -2.69. The van der Waals surface area contributed by atoms with Crippen LogP contribution in [0.3, 0.4) is 0 Å². The molecule has 0 atom stereocenters. The molecule has 2 aromatic carbocycles. The molecule has 2 rings (SSSR count). The molecular formula is C18H18FNO3. The van der Waals surface area contributed by atoms with E-state index in [1.165, 1.54) is 12.1 Å². The first-order chi connectivity index (χ1) is 11.1. The number of hydrogen-bond donors (Lipinski definition) is 1. The number of halogens is 1. The Morgan fingerprint density at radius 1 is 1.09 bits per heavy atom. The second kappa shape index (κ2) is 8.08. The normalized spacial score (nSPS) is 10.2. The van der Waals surface area contributed by atoms with Crippen molar-refractivity contribution in [2.75, 3.05) is 13.2 Å². The third-order valence-corrected chi connectivity index (χ3v) is 3.35. The molecule has 0 saturated heterocycles. The van der Waals surface area contributed by atoms with E-state index >= 15 is 0 Å². The van der Waals surface area contributed by atoms with E-state index in [0.29, 0.717) is 18.5 Å². The highest BCUT2D eigenvalue weighted by molar-refractivity contribution is 5.92. The Kier molecular flexibility index (Phi) is 5.86. The smallest absolute Gasteiger partial charge is 0.338 e. The van der Waals surface area contributed by atoms with Crippen molar-refractivity contribution in [1.82, 2.24) is 5.32 Å². The van der Waals surface area contributed by atoms with E-state index in [1.54, 1.807) is 37.3 Å². The van der Waals surface area contributed by atoms with Crippen molar-refractivity contribution in [3.05, 3.63) is 71.0 Å². The van der Waals surface area contributed by atoms with Crippen LogP contribution in [0.2, 0.25) is 0 Å². The first-order valence-electron chi connectivity index (χ1n) is 7.30. The van der Waals surface area contributed by atoms with Gasteiger partial charge in [0.05, 0.1) is 5.56 Å². The summed E-state index contributed by atoms with van der Waals surface area (Å²) in [4.78, 5) is 23.5.